The van der Waals surface area contributed by atoms with E-state index < -0.39 is 0 Å². The summed E-state index contributed by atoms with van der Waals surface area (Å²) in [6.07, 6.45) is 0. The molecule has 0 aliphatic rings. The van der Waals surface area contributed by atoms with Gasteiger partial charge < -0.3 is 10.1 Å². The van der Waals surface area contributed by atoms with Gasteiger partial charge in [-0.25, -0.2) is 4.39 Å². The minimum atomic E-state index is -0.365. The fourth-order valence-electron chi connectivity index (χ4n) is 1.63. The van der Waals surface area contributed by atoms with E-state index in [1.807, 2.05) is 24.3 Å². The van der Waals surface area contributed by atoms with Crippen LogP contribution in [0, 0.1) is 5.82 Å². The predicted octanol–water partition coefficient (Wildman–Crippen LogP) is 4.86. The first-order valence-electron chi connectivity index (χ1n) is 5.61. The molecule has 0 aliphatic heterocycles. The number of ether oxygens (including phenoxy) is 1. The van der Waals surface area contributed by atoms with Crippen LogP contribution in [0.5, 0.6) is 5.75 Å². The van der Waals surface area contributed by atoms with E-state index in [9.17, 15) is 4.39 Å². The number of anilines is 1. The van der Waals surface area contributed by atoms with Gasteiger partial charge in [-0.05, 0) is 51.8 Å². The summed E-state index contributed by atoms with van der Waals surface area (Å²) in [6.45, 7) is 0.513. The van der Waals surface area contributed by atoms with E-state index in [4.69, 9.17) is 16.3 Å². The number of hydrogen-bond acceptors (Lipinski definition) is 2. The maximum Gasteiger partial charge on any atom is 0.165 e. The Hall–Kier alpha value is -1.26. The minimum Gasteiger partial charge on any atom is -0.494 e. The van der Waals surface area contributed by atoms with Gasteiger partial charge in [0.15, 0.2) is 11.6 Å². The molecule has 0 radical (unpaired) electrons. The van der Waals surface area contributed by atoms with Gasteiger partial charge in [0.2, 0.25) is 0 Å². The number of halogens is 3. The zero-order valence-corrected chi connectivity index (χ0v) is 12.6. The van der Waals surface area contributed by atoms with Crippen LogP contribution in [0.4, 0.5) is 10.1 Å². The van der Waals surface area contributed by atoms with Crippen molar-refractivity contribution in [2.24, 2.45) is 0 Å². The van der Waals surface area contributed by atoms with E-state index in [0.717, 1.165) is 15.7 Å². The molecule has 0 fully saturated rings. The molecule has 2 aromatic rings. The molecule has 0 bridgehead atoms. The summed E-state index contributed by atoms with van der Waals surface area (Å²) in [5.41, 5.74) is 1.71. The van der Waals surface area contributed by atoms with Crippen LogP contribution in [0.3, 0.4) is 0 Å². The van der Waals surface area contributed by atoms with Crippen molar-refractivity contribution in [3.63, 3.8) is 0 Å². The fraction of sp³-hybridized carbons (Fsp3) is 0.143. The molecule has 0 aliphatic carbocycles. The molecular formula is C14H12BrClFNO. The Morgan fingerprint density at radius 1 is 1.26 bits per heavy atom. The Morgan fingerprint density at radius 2 is 2.05 bits per heavy atom. The van der Waals surface area contributed by atoms with Crippen molar-refractivity contribution in [2.45, 2.75) is 6.54 Å². The first-order valence-corrected chi connectivity index (χ1v) is 6.78. The highest BCUT2D eigenvalue weighted by atomic mass is 79.9. The third-order valence-corrected chi connectivity index (χ3v) is 3.86. The molecule has 2 nitrogen and oxygen atoms in total. The van der Waals surface area contributed by atoms with Crippen LogP contribution in [0.25, 0.3) is 0 Å². The lowest BCUT2D eigenvalue weighted by Gasteiger charge is -2.09. The summed E-state index contributed by atoms with van der Waals surface area (Å²) in [5.74, 6) is -0.119. The lowest BCUT2D eigenvalue weighted by atomic mass is 10.2. The van der Waals surface area contributed by atoms with Crippen molar-refractivity contribution >= 4 is 33.2 Å². The third kappa shape index (κ3) is 3.61. The molecule has 0 heterocycles. The van der Waals surface area contributed by atoms with Gasteiger partial charge >= 0.3 is 0 Å². The van der Waals surface area contributed by atoms with Gasteiger partial charge in [0.25, 0.3) is 0 Å². The van der Waals surface area contributed by atoms with Gasteiger partial charge in [-0.1, -0.05) is 17.7 Å². The van der Waals surface area contributed by atoms with Crippen molar-refractivity contribution in [3.05, 3.63) is 57.3 Å². The molecule has 0 amide bonds. The topological polar surface area (TPSA) is 21.3 Å². The van der Waals surface area contributed by atoms with Gasteiger partial charge in [-0.3, -0.25) is 0 Å². The van der Waals surface area contributed by atoms with Crippen molar-refractivity contribution < 1.29 is 9.13 Å². The third-order valence-electron chi connectivity index (χ3n) is 2.63. The molecular weight excluding hydrogens is 333 g/mol. The van der Waals surface area contributed by atoms with Gasteiger partial charge in [0.1, 0.15) is 0 Å². The summed E-state index contributed by atoms with van der Waals surface area (Å²) in [4.78, 5) is 0. The molecule has 100 valence electrons. The van der Waals surface area contributed by atoms with E-state index >= 15 is 0 Å². The average molecular weight is 345 g/mol. The monoisotopic (exact) mass is 343 g/mol. The fourth-order valence-corrected chi connectivity index (χ4v) is 2.06. The molecule has 1 N–H and O–H groups in total. The van der Waals surface area contributed by atoms with E-state index in [2.05, 4.69) is 21.2 Å². The summed E-state index contributed by atoms with van der Waals surface area (Å²) >= 11 is 9.32. The Kier molecular flexibility index (Phi) is 4.66. The molecule has 0 aromatic heterocycles. The van der Waals surface area contributed by atoms with E-state index in [1.165, 1.54) is 13.2 Å². The second-order valence-electron chi connectivity index (χ2n) is 3.95. The smallest absolute Gasteiger partial charge is 0.165 e. The molecule has 0 saturated heterocycles. The minimum absolute atomic E-state index is 0.246. The largest absolute Gasteiger partial charge is 0.494 e. The number of methoxy groups -OCH3 is 1. The van der Waals surface area contributed by atoms with Crippen molar-refractivity contribution in [1.29, 1.82) is 0 Å². The Labute approximate surface area is 124 Å². The van der Waals surface area contributed by atoms with Gasteiger partial charge in [0, 0.05) is 16.7 Å². The van der Waals surface area contributed by atoms with Crippen molar-refractivity contribution in [1.82, 2.24) is 0 Å². The summed E-state index contributed by atoms with van der Waals surface area (Å²) < 4.78 is 19.2. The zero-order chi connectivity index (χ0) is 13.8. The quantitative estimate of drug-likeness (QED) is 0.855. The van der Waals surface area contributed by atoms with Crippen molar-refractivity contribution in [2.75, 3.05) is 12.4 Å². The van der Waals surface area contributed by atoms with Crippen LogP contribution in [-0.4, -0.2) is 7.11 Å². The first-order chi connectivity index (χ1) is 9.10. The van der Waals surface area contributed by atoms with E-state index in [-0.39, 0.29) is 11.6 Å². The number of hydrogen-bond donors (Lipinski definition) is 1. The first kappa shape index (κ1) is 14.2. The second-order valence-corrected chi connectivity index (χ2v) is 5.21. The SMILES string of the molecule is COc1ccc(CNc2ccc(Br)c(Cl)c2)cc1F. The van der Waals surface area contributed by atoms with Gasteiger partial charge in [-0.2, -0.15) is 0 Å². The molecule has 2 aromatic carbocycles. The molecule has 0 atom stereocenters. The average Bonchev–Trinajstić information content (AvgIpc) is 2.40. The van der Waals surface area contributed by atoms with Crippen LogP contribution in [0.1, 0.15) is 5.56 Å². The second kappa shape index (κ2) is 6.26. The maximum atomic E-state index is 13.5. The highest BCUT2D eigenvalue weighted by molar-refractivity contribution is 9.10. The Morgan fingerprint density at radius 3 is 2.68 bits per heavy atom. The maximum absolute atomic E-state index is 13.5. The van der Waals surface area contributed by atoms with Crippen molar-refractivity contribution in [3.8, 4) is 5.75 Å². The molecule has 0 unspecified atom stereocenters. The van der Waals surface area contributed by atoms with Gasteiger partial charge in [-0.15, -0.1) is 0 Å². The normalized spacial score (nSPS) is 10.3. The Balaban J connectivity index is 2.05. The molecule has 0 saturated carbocycles. The van der Waals surface area contributed by atoms with Crippen LogP contribution < -0.4 is 10.1 Å². The molecule has 0 spiro atoms. The number of rotatable bonds is 4. The zero-order valence-electron chi connectivity index (χ0n) is 10.2. The number of nitrogens with one attached hydrogen (secondary N) is 1. The standard InChI is InChI=1S/C14H12BrClFNO/c1-19-14-5-2-9(6-13(14)17)8-18-10-3-4-11(15)12(16)7-10/h2-7,18H,8H2,1H3. The molecule has 2 rings (SSSR count). The Bertz CT molecular complexity index is 592. The lowest BCUT2D eigenvalue weighted by molar-refractivity contribution is 0.386. The van der Waals surface area contributed by atoms with Crippen LogP contribution in [0.2, 0.25) is 5.02 Å². The molecule has 5 heteroatoms. The predicted molar refractivity (Wildman–Crippen MR) is 79.4 cm³/mol. The van der Waals surface area contributed by atoms with Crippen LogP contribution in [0.15, 0.2) is 40.9 Å². The molecule has 19 heavy (non-hydrogen) atoms. The summed E-state index contributed by atoms with van der Waals surface area (Å²) in [5, 5.41) is 3.81. The van der Waals surface area contributed by atoms with Gasteiger partial charge in [0.05, 0.1) is 12.1 Å². The summed E-state index contributed by atoms with van der Waals surface area (Å²) in [6, 6.07) is 10.4. The van der Waals surface area contributed by atoms with E-state index in [1.54, 1.807) is 6.07 Å². The van der Waals surface area contributed by atoms with Crippen LogP contribution >= 0.6 is 27.5 Å². The summed E-state index contributed by atoms with van der Waals surface area (Å²) in [7, 11) is 1.44. The van der Waals surface area contributed by atoms with E-state index in [0.29, 0.717) is 11.6 Å². The highest BCUT2D eigenvalue weighted by Crippen LogP contribution is 2.26. The van der Waals surface area contributed by atoms with Crippen LogP contribution in [-0.2, 0) is 6.54 Å². The highest BCUT2D eigenvalue weighted by Gasteiger charge is 2.04. The lowest BCUT2D eigenvalue weighted by Crippen LogP contribution is -2.00. The number of benzene rings is 2.